The molecule has 0 saturated heterocycles. The first kappa shape index (κ1) is 12.7. The fourth-order valence-corrected chi connectivity index (χ4v) is 2.16. The van der Waals surface area contributed by atoms with Crippen molar-refractivity contribution in [3.63, 3.8) is 0 Å². The zero-order valence-corrected chi connectivity index (χ0v) is 9.42. The minimum atomic E-state index is -4.43. The summed E-state index contributed by atoms with van der Waals surface area (Å²) in [5.41, 5.74) is -0.297. The number of alkyl halides is 3. The summed E-state index contributed by atoms with van der Waals surface area (Å²) in [5.74, 6) is -1.61. The van der Waals surface area contributed by atoms with E-state index in [-0.39, 0.29) is 18.7 Å². The number of carbonyl (C=O) groups is 1. The quantitative estimate of drug-likeness (QED) is 0.815. The molecule has 1 heterocycles. The van der Waals surface area contributed by atoms with Gasteiger partial charge in [-0.3, -0.25) is 4.79 Å². The number of para-hydroxylation sites is 1. The van der Waals surface area contributed by atoms with Crippen LogP contribution in [0.5, 0.6) is 0 Å². The Kier molecular flexibility index (Phi) is 3.19. The van der Waals surface area contributed by atoms with Gasteiger partial charge in [0, 0.05) is 12.2 Å². The molecule has 0 amide bonds. The third-order valence-electron chi connectivity index (χ3n) is 3.07. The van der Waals surface area contributed by atoms with E-state index in [4.69, 9.17) is 5.11 Å². The average Bonchev–Trinajstić information content (AvgIpc) is 2.48. The van der Waals surface area contributed by atoms with Gasteiger partial charge in [-0.25, -0.2) is 0 Å². The van der Waals surface area contributed by atoms with Crippen LogP contribution in [0.3, 0.4) is 0 Å². The van der Waals surface area contributed by atoms with E-state index in [1.807, 2.05) is 0 Å². The van der Waals surface area contributed by atoms with Gasteiger partial charge >= 0.3 is 12.1 Å². The van der Waals surface area contributed by atoms with Gasteiger partial charge in [0.2, 0.25) is 0 Å². The minimum absolute atomic E-state index is 0.0220. The number of carboxylic acids is 1. The molecule has 1 aromatic carbocycles. The maximum atomic E-state index is 12.8. The largest absolute Gasteiger partial charge is 0.481 e. The van der Waals surface area contributed by atoms with Crippen LogP contribution in [0.4, 0.5) is 18.9 Å². The van der Waals surface area contributed by atoms with E-state index in [9.17, 15) is 18.0 Å². The summed E-state index contributed by atoms with van der Waals surface area (Å²) in [5, 5.41) is 11.7. The normalized spacial score (nSPS) is 19.6. The summed E-state index contributed by atoms with van der Waals surface area (Å²) in [4.78, 5) is 10.9. The van der Waals surface area contributed by atoms with E-state index in [2.05, 4.69) is 5.32 Å². The molecule has 0 radical (unpaired) electrons. The SMILES string of the molecule is O=C(O)C1CCNc2c(cccc2C(F)(F)F)C1. The lowest BCUT2D eigenvalue weighted by Crippen LogP contribution is -2.16. The number of rotatable bonds is 1. The maximum Gasteiger partial charge on any atom is 0.418 e. The van der Waals surface area contributed by atoms with Gasteiger partial charge in [-0.15, -0.1) is 0 Å². The van der Waals surface area contributed by atoms with Crippen molar-refractivity contribution in [1.29, 1.82) is 0 Å². The zero-order chi connectivity index (χ0) is 13.3. The number of aliphatic carboxylic acids is 1. The van der Waals surface area contributed by atoms with Crippen LogP contribution in [0.2, 0.25) is 0 Å². The van der Waals surface area contributed by atoms with E-state index in [0.717, 1.165) is 6.07 Å². The van der Waals surface area contributed by atoms with Crippen molar-refractivity contribution < 1.29 is 23.1 Å². The highest BCUT2D eigenvalue weighted by Gasteiger charge is 2.35. The highest BCUT2D eigenvalue weighted by Crippen LogP contribution is 2.38. The van der Waals surface area contributed by atoms with E-state index in [1.54, 1.807) is 6.07 Å². The van der Waals surface area contributed by atoms with E-state index in [0.29, 0.717) is 12.0 Å². The molecule has 1 unspecified atom stereocenters. The molecule has 1 aliphatic rings. The van der Waals surface area contributed by atoms with Gasteiger partial charge in [-0.2, -0.15) is 13.2 Å². The summed E-state index contributed by atoms with van der Waals surface area (Å²) in [6, 6.07) is 3.86. The van der Waals surface area contributed by atoms with Crippen LogP contribution in [0, 0.1) is 5.92 Å². The van der Waals surface area contributed by atoms with Crippen molar-refractivity contribution in [2.24, 2.45) is 5.92 Å². The third kappa shape index (κ3) is 2.42. The highest BCUT2D eigenvalue weighted by atomic mass is 19.4. The van der Waals surface area contributed by atoms with Crippen molar-refractivity contribution in [1.82, 2.24) is 0 Å². The maximum absolute atomic E-state index is 12.8. The standard InChI is InChI=1S/C12H12F3NO2/c13-12(14,15)9-3-1-2-7-6-8(11(17)18)4-5-16-10(7)9/h1-3,8,16H,4-6H2,(H,17,18). The van der Waals surface area contributed by atoms with Gasteiger partial charge in [-0.1, -0.05) is 12.1 Å². The Morgan fingerprint density at radius 3 is 2.72 bits per heavy atom. The smallest absolute Gasteiger partial charge is 0.418 e. The van der Waals surface area contributed by atoms with Crippen LogP contribution in [0.25, 0.3) is 0 Å². The summed E-state index contributed by atoms with van der Waals surface area (Å²) in [6.45, 7) is 0.233. The Morgan fingerprint density at radius 1 is 1.39 bits per heavy atom. The average molecular weight is 259 g/mol. The first-order valence-corrected chi connectivity index (χ1v) is 5.55. The lowest BCUT2D eigenvalue weighted by Gasteiger charge is -2.15. The molecule has 1 aliphatic heterocycles. The molecule has 0 aromatic heterocycles. The summed E-state index contributed by atoms with van der Waals surface area (Å²) >= 11 is 0. The number of hydrogen-bond donors (Lipinski definition) is 2. The van der Waals surface area contributed by atoms with Gasteiger partial charge in [0.1, 0.15) is 0 Å². The zero-order valence-electron chi connectivity index (χ0n) is 9.42. The second kappa shape index (κ2) is 4.51. The summed E-state index contributed by atoms with van der Waals surface area (Å²) in [7, 11) is 0. The minimum Gasteiger partial charge on any atom is -0.481 e. The highest BCUT2D eigenvalue weighted by molar-refractivity contribution is 5.72. The Balaban J connectivity index is 2.43. The monoisotopic (exact) mass is 259 g/mol. The van der Waals surface area contributed by atoms with Crippen LogP contribution in [-0.4, -0.2) is 17.6 Å². The topological polar surface area (TPSA) is 49.3 Å². The predicted molar refractivity (Wildman–Crippen MR) is 59.4 cm³/mol. The molecule has 0 aliphatic carbocycles. The van der Waals surface area contributed by atoms with Crippen LogP contribution >= 0.6 is 0 Å². The Bertz CT molecular complexity index is 471. The van der Waals surface area contributed by atoms with Gasteiger partial charge < -0.3 is 10.4 Å². The van der Waals surface area contributed by atoms with Gasteiger partial charge in [0.25, 0.3) is 0 Å². The molecule has 0 fully saturated rings. The number of fused-ring (bicyclic) bond motifs is 1. The van der Waals surface area contributed by atoms with Crippen molar-refractivity contribution in [2.45, 2.75) is 19.0 Å². The van der Waals surface area contributed by atoms with E-state index >= 15 is 0 Å². The fourth-order valence-electron chi connectivity index (χ4n) is 2.16. The number of halogens is 3. The number of benzene rings is 1. The lowest BCUT2D eigenvalue weighted by atomic mass is 9.96. The molecule has 98 valence electrons. The summed E-state index contributed by atoms with van der Waals surface area (Å²) in [6.07, 6.45) is -3.98. The molecule has 0 bridgehead atoms. The lowest BCUT2D eigenvalue weighted by molar-refractivity contribution is -0.141. The molecular weight excluding hydrogens is 247 g/mol. The Hall–Kier alpha value is -1.72. The second-order valence-corrected chi connectivity index (χ2v) is 4.29. The molecule has 2 rings (SSSR count). The van der Waals surface area contributed by atoms with Crippen molar-refractivity contribution >= 4 is 11.7 Å². The molecule has 2 N–H and O–H groups in total. The van der Waals surface area contributed by atoms with Crippen molar-refractivity contribution in [2.75, 3.05) is 11.9 Å². The molecule has 0 saturated carbocycles. The molecule has 0 spiro atoms. The van der Waals surface area contributed by atoms with Crippen LogP contribution in [0.15, 0.2) is 18.2 Å². The Labute approximate surface area is 102 Å². The van der Waals surface area contributed by atoms with Crippen LogP contribution in [0.1, 0.15) is 17.5 Å². The first-order chi connectivity index (χ1) is 8.39. The van der Waals surface area contributed by atoms with Crippen molar-refractivity contribution in [3.05, 3.63) is 29.3 Å². The van der Waals surface area contributed by atoms with Gasteiger partial charge in [0.05, 0.1) is 11.5 Å². The number of hydrogen-bond acceptors (Lipinski definition) is 2. The van der Waals surface area contributed by atoms with Gasteiger partial charge in [-0.05, 0) is 24.5 Å². The first-order valence-electron chi connectivity index (χ1n) is 5.55. The van der Waals surface area contributed by atoms with E-state index < -0.39 is 23.6 Å². The van der Waals surface area contributed by atoms with E-state index in [1.165, 1.54) is 6.07 Å². The van der Waals surface area contributed by atoms with Crippen LogP contribution in [-0.2, 0) is 17.4 Å². The number of nitrogens with one attached hydrogen (secondary N) is 1. The molecule has 3 nitrogen and oxygen atoms in total. The molecule has 18 heavy (non-hydrogen) atoms. The van der Waals surface area contributed by atoms with Gasteiger partial charge in [0.15, 0.2) is 0 Å². The van der Waals surface area contributed by atoms with Crippen molar-refractivity contribution in [3.8, 4) is 0 Å². The summed E-state index contributed by atoms with van der Waals surface area (Å²) < 4.78 is 38.4. The Morgan fingerprint density at radius 2 is 2.11 bits per heavy atom. The number of carboxylic acid groups (broad SMARTS) is 1. The molecule has 6 heteroatoms. The number of anilines is 1. The second-order valence-electron chi connectivity index (χ2n) is 4.29. The molecular formula is C12H12F3NO2. The predicted octanol–water partition coefficient (Wildman–Crippen LogP) is 2.76. The fraction of sp³-hybridized carbons (Fsp3) is 0.417. The molecule has 1 atom stereocenters. The van der Waals surface area contributed by atoms with Crippen LogP contribution < -0.4 is 5.32 Å². The molecule has 1 aromatic rings. The third-order valence-corrected chi connectivity index (χ3v) is 3.07.